The highest BCUT2D eigenvalue weighted by atomic mass is 79.9. The van der Waals surface area contributed by atoms with Gasteiger partial charge in [0.2, 0.25) is 0 Å². The summed E-state index contributed by atoms with van der Waals surface area (Å²) in [4.78, 5) is 20.2. The zero-order chi connectivity index (χ0) is 14.5. The quantitative estimate of drug-likeness (QED) is 0.902. The van der Waals surface area contributed by atoms with E-state index in [1.165, 1.54) is 12.4 Å². The molecule has 1 atom stereocenters. The molecule has 0 bridgehead atoms. The highest BCUT2D eigenvalue weighted by molar-refractivity contribution is 9.10. The molecule has 0 aliphatic carbocycles. The Kier molecular flexibility index (Phi) is 4.68. The van der Waals surface area contributed by atoms with E-state index in [-0.39, 0.29) is 11.9 Å². The van der Waals surface area contributed by atoms with Gasteiger partial charge in [0, 0.05) is 11.5 Å². The molecule has 20 heavy (non-hydrogen) atoms. The van der Waals surface area contributed by atoms with Gasteiger partial charge in [0.05, 0.1) is 18.4 Å². The highest BCUT2D eigenvalue weighted by Crippen LogP contribution is 2.16. The molecule has 1 aromatic carbocycles. The van der Waals surface area contributed by atoms with Gasteiger partial charge in [-0.15, -0.1) is 0 Å². The second-order valence-electron chi connectivity index (χ2n) is 4.28. The first-order valence-corrected chi connectivity index (χ1v) is 6.95. The van der Waals surface area contributed by atoms with E-state index in [0.717, 1.165) is 10.0 Å². The highest BCUT2D eigenvalue weighted by Gasteiger charge is 2.12. The summed E-state index contributed by atoms with van der Waals surface area (Å²) < 4.78 is 1.01. The number of halogens is 1. The van der Waals surface area contributed by atoms with Crippen molar-refractivity contribution in [2.45, 2.75) is 13.0 Å². The van der Waals surface area contributed by atoms with Gasteiger partial charge >= 0.3 is 0 Å². The van der Waals surface area contributed by atoms with Gasteiger partial charge in [0.1, 0.15) is 11.5 Å². The molecule has 6 heteroatoms. The summed E-state index contributed by atoms with van der Waals surface area (Å²) in [6.07, 6.45) is 2.98. The summed E-state index contributed by atoms with van der Waals surface area (Å²) >= 11 is 3.38. The van der Waals surface area contributed by atoms with Crippen LogP contribution in [0.3, 0.4) is 0 Å². The number of nitrogens with zero attached hydrogens (tertiary/aromatic N) is 2. The van der Waals surface area contributed by atoms with Crippen LogP contribution in [0.5, 0.6) is 0 Å². The van der Waals surface area contributed by atoms with Gasteiger partial charge in [-0.25, -0.2) is 9.97 Å². The van der Waals surface area contributed by atoms with Gasteiger partial charge in [-0.05, 0) is 24.6 Å². The zero-order valence-corrected chi connectivity index (χ0v) is 12.8. The molecule has 2 N–H and O–H groups in total. The van der Waals surface area contributed by atoms with Gasteiger partial charge in [-0.1, -0.05) is 28.1 Å². The molecule has 1 unspecified atom stereocenters. The molecule has 0 saturated heterocycles. The van der Waals surface area contributed by atoms with Gasteiger partial charge in [0.25, 0.3) is 5.91 Å². The number of hydrogen-bond donors (Lipinski definition) is 2. The third kappa shape index (κ3) is 3.54. The number of rotatable bonds is 4. The largest absolute Gasteiger partial charge is 0.372 e. The predicted octanol–water partition coefficient (Wildman–Crippen LogP) is 2.77. The van der Waals surface area contributed by atoms with Crippen LogP contribution in [-0.4, -0.2) is 22.9 Å². The van der Waals surface area contributed by atoms with Crippen LogP contribution in [0.15, 0.2) is 41.1 Å². The summed E-state index contributed by atoms with van der Waals surface area (Å²) in [5.74, 6) is 0.387. The Bertz CT molecular complexity index is 583. The molecular weight excluding hydrogens is 320 g/mol. The molecule has 0 aliphatic heterocycles. The van der Waals surface area contributed by atoms with E-state index in [9.17, 15) is 4.79 Å². The first-order chi connectivity index (χ1) is 9.60. The Morgan fingerprint density at radius 2 is 1.90 bits per heavy atom. The van der Waals surface area contributed by atoms with Crippen LogP contribution in [0.2, 0.25) is 0 Å². The molecule has 0 aliphatic rings. The fraction of sp³-hybridized carbons (Fsp3) is 0.214. The summed E-state index contributed by atoms with van der Waals surface area (Å²) in [5, 5.41) is 5.75. The number of aromatic nitrogens is 2. The molecule has 2 rings (SSSR count). The van der Waals surface area contributed by atoms with Gasteiger partial charge in [-0.3, -0.25) is 4.79 Å². The summed E-state index contributed by atoms with van der Waals surface area (Å²) in [5.41, 5.74) is 1.33. The van der Waals surface area contributed by atoms with E-state index in [1.807, 2.05) is 31.2 Å². The topological polar surface area (TPSA) is 66.9 Å². The van der Waals surface area contributed by atoms with Crippen molar-refractivity contribution in [2.24, 2.45) is 0 Å². The maximum atomic E-state index is 12.1. The van der Waals surface area contributed by atoms with Gasteiger partial charge in [0.15, 0.2) is 0 Å². The van der Waals surface area contributed by atoms with E-state index < -0.39 is 0 Å². The number of carbonyl (C=O) groups excluding carboxylic acids is 1. The number of anilines is 1. The van der Waals surface area contributed by atoms with Crippen molar-refractivity contribution >= 4 is 27.7 Å². The summed E-state index contributed by atoms with van der Waals surface area (Å²) in [6.45, 7) is 1.93. The van der Waals surface area contributed by atoms with E-state index in [0.29, 0.717) is 11.5 Å². The van der Waals surface area contributed by atoms with Crippen molar-refractivity contribution in [1.29, 1.82) is 0 Å². The van der Waals surface area contributed by atoms with Crippen molar-refractivity contribution in [3.63, 3.8) is 0 Å². The first-order valence-electron chi connectivity index (χ1n) is 6.16. The lowest BCUT2D eigenvalue weighted by Crippen LogP contribution is -2.27. The van der Waals surface area contributed by atoms with Gasteiger partial charge < -0.3 is 10.6 Å². The molecule has 5 nitrogen and oxygen atoms in total. The molecule has 104 valence electrons. The van der Waals surface area contributed by atoms with E-state index in [2.05, 4.69) is 36.5 Å². The second-order valence-corrected chi connectivity index (χ2v) is 5.20. The van der Waals surface area contributed by atoms with Crippen molar-refractivity contribution in [3.8, 4) is 0 Å². The predicted molar refractivity (Wildman–Crippen MR) is 81.6 cm³/mol. The first kappa shape index (κ1) is 14.5. The third-order valence-corrected chi connectivity index (χ3v) is 3.39. The molecule has 1 amide bonds. The Hall–Kier alpha value is -1.95. The Balaban J connectivity index is 2.04. The number of benzene rings is 1. The minimum absolute atomic E-state index is 0.0959. The number of hydrogen-bond acceptors (Lipinski definition) is 4. The summed E-state index contributed by atoms with van der Waals surface area (Å²) in [7, 11) is 1.75. The molecule has 0 radical (unpaired) electrons. The lowest BCUT2D eigenvalue weighted by molar-refractivity contribution is 0.0934. The van der Waals surface area contributed by atoms with Crippen molar-refractivity contribution < 1.29 is 4.79 Å². The van der Waals surface area contributed by atoms with Crippen LogP contribution in [0.4, 0.5) is 5.82 Å². The second kappa shape index (κ2) is 6.47. The minimum Gasteiger partial charge on any atom is -0.372 e. The van der Waals surface area contributed by atoms with Crippen LogP contribution in [0.25, 0.3) is 0 Å². The smallest absolute Gasteiger partial charge is 0.271 e. The standard InChI is InChI=1S/C14H15BrN4O/c1-9(10-3-5-11(15)6-4-10)19-14(20)12-7-18-13(16-2)8-17-12/h3-9H,1-2H3,(H,16,18)(H,19,20). The Morgan fingerprint density at radius 1 is 1.20 bits per heavy atom. The third-order valence-electron chi connectivity index (χ3n) is 2.86. The molecule has 0 fully saturated rings. The van der Waals surface area contributed by atoms with Crippen LogP contribution in [-0.2, 0) is 0 Å². The fourth-order valence-corrected chi connectivity index (χ4v) is 1.94. The fourth-order valence-electron chi connectivity index (χ4n) is 1.68. The van der Waals surface area contributed by atoms with Crippen LogP contribution < -0.4 is 10.6 Å². The van der Waals surface area contributed by atoms with Crippen LogP contribution in [0.1, 0.15) is 29.0 Å². The molecular formula is C14H15BrN4O. The van der Waals surface area contributed by atoms with Crippen LogP contribution in [0, 0.1) is 0 Å². The van der Waals surface area contributed by atoms with Crippen molar-refractivity contribution in [3.05, 3.63) is 52.4 Å². The maximum Gasteiger partial charge on any atom is 0.271 e. The number of amides is 1. The SMILES string of the molecule is CNc1cnc(C(=O)NC(C)c2ccc(Br)cc2)cn1. The van der Waals surface area contributed by atoms with Crippen molar-refractivity contribution in [2.75, 3.05) is 12.4 Å². The van der Waals surface area contributed by atoms with E-state index >= 15 is 0 Å². The zero-order valence-electron chi connectivity index (χ0n) is 11.2. The number of nitrogens with one attached hydrogen (secondary N) is 2. The minimum atomic E-state index is -0.240. The molecule has 2 aromatic rings. The lowest BCUT2D eigenvalue weighted by atomic mass is 10.1. The molecule has 1 aromatic heterocycles. The van der Waals surface area contributed by atoms with E-state index in [4.69, 9.17) is 0 Å². The molecule has 1 heterocycles. The molecule has 0 spiro atoms. The van der Waals surface area contributed by atoms with Crippen molar-refractivity contribution in [1.82, 2.24) is 15.3 Å². The average Bonchev–Trinajstić information content (AvgIpc) is 2.48. The Morgan fingerprint density at radius 3 is 2.45 bits per heavy atom. The van der Waals surface area contributed by atoms with E-state index in [1.54, 1.807) is 7.05 Å². The van der Waals surface area contributed by atoms with Crippen LogP contribution >= 0.6 is 15.9 Å². The van der Waals surface area contributed by atoms with Gasteiger partial charge in [-0.2, -0.15) is 0 Å². The maximum absolute atomic E-state index is 12.1. The lowest BCUT2D eigenvalue weighted by Gasteiger charge is -2.14. The average molecular weight is 335 g/mol. The summed E-state index contributed by atoms with van der Waals surface area (Å²) in [6, 6.07) is 7.72. The normalized spacial score (nSPS) is 11.8. The monoisotopic (exact) mass is 334 g/mol. The number of carbonyl (C=O) groups is 1. The Labute approximate surface area is 126 Å². The molecule has 0 saturated carbocycles.